The standard InChI is InChI=1S/C28H33N3O3.ClH/c1-2-21-33-25-12-5-3-9-22(25)30-19-17-29(18-20-30)15-8-16-31-23-10-4-6-13-26(23)34-27-14-7-11-24(32)28(27)31;/h3-7,9-14,32H,2,8,15-21H2,1H3;1H. The van der Waals surface area contributed by atoms with Crippen LogP contribution in [0.25, 0.3) is 0 Å². The molecule has 1 saturated heterocycles. The molecule has 2 aliphatic rings. The molecule has 35 heavy (non-hydrogen) atoms. The van der Waals surface area contributed by atoms with E-state index in [0.29, 0.717) is 5.75 Å². The lowest BCUT2D eigenvalue weighted by molar-refractivity contribution is 0.254. The summed E-state index contributed by atoms with van der Waals surface area (Å²) in [6.45, 7) is 8.78. The molecule has 0 aliphatic carbocycles. The van der Waals surface area contributed by atoms with Gasteiger partial charge in [-0.25, -0.2) is 0 Å². The van der Waals surface area contributed by atoms with Gasteiger partial charge >= 0.3 is 0 Å². The Morgan fingerprint density at radius 2 is 1.54 bits per heavy atom. The van der Waals surface area contributed by atoms with Gasteiger partial charge in [-0.3, -0.25) is 4.90 Å². The second kappa shape index (κ2) is 11.6. The highest BCUT2D eigenvalue weighted by Gasteiger charge is 2.27. The van der Waals surface area contributed by atoms with E-state index in [1.54, 1.807) is 6.07 Å². The van der Waals surface area contributed by atoms with Crippen LogP contribution < -0.4 is 19.3 Å². The minimum absolute atomic E-state index is 0. The zero-order valence-corrected chi connectivity index (χ0v) is 21.0. The van der Waals surface area contributed by atoms with Crippen LogP contribution in [0, 0.1) is 0 Å². The summed E-state index contributed by atoms with van der Waals surface area (Å²) in [5.74, 6) is 2.78. The van der Waals surface area contributed by atoms with Gasteiger partial charge < -0.3 is 24.4 Å². The molecule has 0 bridgehead atoms. The zero-order valence-electron chi connectivity index (χ0n) is 20.2. The maximum atomic E-state index is 10.6. The van der Waals surface area contributed by atoms with Gasteiger partial charge in [-0.05, 0) is 55.8 Å². The van der Waals surface area contributed by atoms with Crippen molar-refractivity contribution >= 4 is 29.5 Å². The normalized spacial score (nSPS) is 15.0. The van der Waals surface area contributed by atoms with Gasteiger partial charge in [-0.2, -0.15) is 0 Å². The molecule has 186 valence electrons. The third-order valence-corrected chi connectivity index (χ3v) is 6.52. The lowest BCUT2D eigenvalue weighted by atomic mass is 10.1. The van der Waals surface area contributed by atoms with Gasteiger partial charge in [-0.15, -0.1) is 12.4 Å². The first-order valence-corrected chi connectivity index (χ1v) is 12.3. The topological polar surface area (TPSA) is 48.4 Å². The molecule has 7 heteroatoms. The van der Waals surface area contributed by atoms with Gasteiger partial charge in [0.25, 0.3) is 0 Å². The fourth-order valence-electron chi connectivity index (χ4n) is 4.82. The van der Waals surface area contributed by atoms with Crippen LogP contribution in [-0.4, -0.2) is 55.9 Å². The van der Waals surface area contributed by atoms with Crippen molar-refractivity contribution in [1.82, 2.24) is 4.90 Å². The zero-order chi connectivity index (χ0) is 23.3. The summed E-state index contributed by atoms with van der Waals surface area (Å²) >= 11 is 0. The lowest BCUT2D eigenvalue weighted by Gasteiger charge is -2.37. The van der Waals surface area contributed by atoms with Crippen molar-refractivity contribution in [3.63, 3.8) is 0 Å². The van der Waals surface area contributed by atoms with Crippen LogP contribution in [-0.2, 0) is 0 Å². The lowest BCUT2D eigenvalue weighted by Crippen LogP contribution is -2.47. The van der Waals surface area contributed by atoms with Crippen LogP contribution >= 0.6 is 12.4 Å². The van der Waals surface area contributed by atoms with Crippen molar-refractivity contribution in [3.8, 4) is 23.0 Å². The largest absolute Gasteiger partial charge is 0.506 e. The summed E-state index contributed by atoms with van der Waals surface area (Å²) < 4.78 is 12.0. The van der Waals surface area contributed by atoms with E-state index < -0.39 is 0 Å². The van der Waals surface area contributed by atoms with E-state index >= 15 is 0 Å². The van der Waals surface area contributed by atoms with E-state index in [0.717, 1.165) is 81.6 Å². The molecule has 0 radical (unpaired) electrons. The Balaban J connectivity index is 0.00000289. The van der Waals surface area contributed by atoms with Crippen LogP contribution in [0.3, 0.4) is 0 Å². The predicted molar refractivity (Wildman–Crippen MR) is 144 cm³/mol. The van der Waals surface area contributed by atoms with Crippen molar-refractivity contribution in [1.29, 1.82) is 0 Å². The first-order chi connectivity index (χ1) is 16.7. The summed E-state index contributed by atoms with van der Waals surface area (Å²) in [5, 5.41) is 10.6. The average Bonchev–Trinajstić information content (AvgIpc) is 2.88. The molecule has 0 spiro atoms. The van der Waals surface area contributed by atoms with Crippen LogP contribution in [0.2, 0.25) is 0 Å². The number of piperazine rings is 1. The number of phenolic OH excluding ortho intramolecular Hbond substituents is 1. The second-order valence-electron chi connectivity index (χ2n) is 8.84. The average molecular weight is 496 g/mol. The smallest absolute Gasteiger partial charge is 0.155 e. The molecule has 0 amide bonds. The Morgan fingerprint density at radius 1 is 0.829 bits per heavy atom. The summed E-state index contributed by atoms with van der Waals surface area (Å²) in [6, 6.07) is 21.9. The number of fused-ring (bicyclic) bond motifs is 2. The number of ether oxygens (including phenoxy) is 2. The fraction of sp³-hybridized carbons (Fsp3) is 0.357. The number of benzene rings is 3. The van der Waals surface area contributed by atoms with Gasteiger partial charge in [0.2, 0.25) is 0 Å². The summed E-state index contributed by atoms with van der Waals surface area (Å²) in [7, 11) is 0. The van der Waals surface area contributed by atoms with Gasteiger partial charge in [0.15, 0.2) is 11.5 Å². The van der Waals surface area contributed by atoms with Gasteiger partial charge in [0.1, 0.15) is 17.2 Å². The van der Waals surface area contributed by atoms with Crippen LogP contribution in [0.15, 0.2) is 66.7 Å². The number of para-hydroxylation sites is 5. The highest BCUT2D eigenvalue weighted by molar-refractivity contribution is 5.85. The minimum Gasteiger partial charge on any atom is -0.506 e. The van der Waals surface area contributed by atoms with E-state index in [4.69, 9.17) is 9.47 Å². The van der Waals surface area contributed by atoms with Crippen LogP contribution in [0.1, 0.15) is 19.8 Å². The van der Waals surface area contributed by atoms with Gasteiger partial charge in [0.05, 0.1) is 18.0 Å². The van der Waals surface area contributed by atoms with E-state index in [1.807, 2.05) is 36.4 Å². The Hall–Kier alpha value is -3.09. The monoisotopic (exact) mass is 495 g/mol. The molecule has 6 nitrogen and oxygen atoms in total. The fourth-order valence-corrected chi connectivity index (χ4v) is 4.82. The number of rotatable bonds is 8. The first kappa shape index (κ1) is 25.0. The molecular formula is C28H34ClN3O3. The molecule has 1 fully saturated rings. The Kier molecular flexibility index (Phi) is 8.26. The second-order valence-corrected chi connectivity index (χ2v) is 8.84. The summed E-state index contributed by atoms with van der Waals surface area (Å²) in [4.78, 5) is 7.17. The molecular weight excluding hydrogens is 462 g/mol. The van der Waals surface area contributed by atoms with E-state index in [-0.39, 0.29) is 18.2 Å². The predicted octanol–water partition coefficient (Wildman–Crippen LogP) is 6.06. The SMILES string of the molecule is CCCOc1ccccc1N1CCN(CCCN2c3ccccc3Oc3cccc(O)c32)CC1.Cl. The van der Waals surface area contributed by atoms with Crippen molar-refractivity contribution in [2.24, 2.45) is 0 Å². The van der Waals surface area contributed by atoms with Crippen molar-refractivity contribution in [2.75, 3.05) is 55.7 Å². The molecule has 0 unspecified atom stereocenters. The molecule has 0 aromatic heterocycles. The van der Waals surface area contributed by atoms with E-state index in [1.165, 1.54) is 5.69 Å². The van der Waals surface area contributed by atoms with E-state index in [2.05, 4.69) is 45.9 Å². The molecule has 3 aromatic rings. The van der Waals surface area contributed by atoms with Crippen LogP contribution in [0.5, 0.6) is 23.0 Å². The highest BCUT2D eigenvalue weighted by atomic mass is 35.5. The number of halogens is 1. The number of hydrogen-bond acceptors (Lipinski definition) is 6. The molecule has 5 rings (SSSR count). The number of nitrogens with zero attached hydrogens (tertiary/aromatic N) is 3. The maximum Gasteiger partial charge on any atom is 0.155 e. The Bertz CT molecular complexity index is 1120. The third-order valence-electron chi connectivity index (χ3n) is 6.52. The van der Waals surface area contributed by atoms with Crippen LogP contribution in [0.4, 0.5) is 17.1 Å². The maximum absolute atomic E-state index is 10.6. The molecule has 2 aliphatic heterocycles. The molecule has 3 aromatic carbocycles. The van der Waals surface area contributed by atoms with Gasteiger partial charge in [0, 0.05) is 32.7 Å². The molecule has 0 atom stereocenters. The number of anilines is 3. The summed E-state index contributed by atoms with van der Waals surface area (Å²) in [6.07, 6.45) is 2.01. The number of aromatic hydroxyl groups is 1. The van der Waals surface area contributed by atoms with Crippen molar-refractivity contribution in [2.45, 2.75) is 19.8 Å². The van der Waals surface area contributed by atoms with E-state index in [9.17, 15) is 5.11 Å². The number of hydrogen-bond donors (Lipinski definition) is 1. The first-order valence-electron chi connectivity index (χ1n) is 12.3. The quantitative estimate of drug-likeness (QED) is 0.410. The molecule has 0 saturated carbocycles. The molecule has 2 heterocycles. The summed E-state index contributed by atoms with van der Waals surface area (Å²) in [5.41, 5.74) is 2.97. The Labute approximate surface area is 214 Å². The van der Waals surface area contributed by atoms with Crippen molar-refractivity contribution < 1.29 is 14.6 Å². The minimum atomic E-state index is 0. The highest BCUT2D eigenvalue weighted by Crippen LogP contribution is 2.50. The third kappa shape index (κ3) is 5.44. The molecule has 1 N–H and O–H groups in total. The number of phenols is 1. The van der Waals surface area contributed by atoms with Gasteiger partial charge in [-0.1, -0.05) is 37.3 Å². The Morgan fingerprint density at radius 3 is 2.34 bits per heavy atom. The van der Waals surface area contributed by atoms with Crippen molar-refractivity contribution in [3.05, 3.63) is 66.7 Å².